The van der Waals surface area contributed by atoms with Gasteiger partial charge in [-0.3, -0.25) is 9.78 Å². The lowest BCUT2D eigenvalue weighted by atomic mass is 10.2. The van der Waals surface area contributed by atoms with Gasteiger partial charge in [-0.2, -0.15) is 0 Å². The van der Waals surface area contributed by atoms with Gasteiger partial charge < -0.3 is 10.1 Å². The van der Waals surface area contributed by atoms with Crippen LogP contribution in [0.25, 0.3) is 0 Å². The van der Waals surface area contributed by atoms with Crippen molar-refractivity contribution in [1.82, 2.24) is 10.3 Å². The Morgan fingerprint density at radius 2 is 2.06 bits per heavy atom. The second-order valence-corrected chi connectivity index (χ2v) is 3.45. The van der Waals surface area contributed by atoms with Crippen molar-refractivity contribution < 1.29 is 18.3 Å². The van der Waals surface area contributed by atoms with Crippen LogP contribution in [0.3, 0.4) is 0 Å². The quantitative estimate of drug-likeness (QED) is 0.795. The average molecular weight is 244 g/mol. The number of nitrogens with zero attached hydrogens (tertiary/aromatic N) is 1. The molecule has 6 heteroatoms. The summed E-state index contributed by atoms with van der Waals surface area (Å²) in [4.78, 5) is 14.6. The molecule has 17 heavy (non-hydrogen) atoms. The molecule has 0 saturated heterocycles. The van der Waals surface area contributed by atoms with Crippen molar-refractivity contribution in [3.63, 3.8) is 0 Å². The third kappa shape index (κ3) is 3.45. The molecule has 1 N–H and O–H groups in total. The maximum Gasteiger partial charge on any atom is 0.322 e. The molecule has 1 rings (SSSR count). The SMILES string of the molecule is CCC(NCc1c(F)cncc1F)C(=O)OC. The summed E-state index contributed by atoms with van der Waals surface area (Å²) in [7, 11) is 1.26. The Morgan fingerprint density at radius 1 is 1.47 bits per heavy atom. The van der Waals surface area contributed by atoms with Crippen LogP contribution in [0.4, 0.5) is 8.78 Å². The van der Waals surface area contributed by atoms with Gasteiger partial charge in [0.2, 0.25) is 0 Å². The second-order valence-electron chi connectivity index (χ2n) is 3.45. The van der Waals surface area contributed by atoms with E-state index in [2.05, 4.69) is 15.0 Å². The topological polar surface area (TPSA) is 51.2 Å². The number of methoxy groups -OCH3 is 1. The highest BCUT2D eigenvalue weighted by Gasteiger charge is 2.18. The lowest BCUT2D eigenvalue weighted by molar-refractivity contribution is -0.143. The number of pyridine rings is 1. The molecule has 0 bridgehead atoms. The van der Waals surface area contributed by atoms with Crippen LogP contribution in [0.5, 0.6) is 0 Å². The van der Waals surface area contributed by atoms with Crippen LogP contribution in [0.1, 0.15) is 18.9 Å². The molecule has 94 valence electrons. The number of hydrogen-bond acceptors (Lipinski definition) is 4. The minimum absolute atomic E-state index is 0.0895. The predicted molar refractivity (Wildman–Crippen MR) is 57.1 cm³/mol. The van der Waals surface area contributed by atoms with Crippen LogP contribution in [0, 0.1) is 11.6 Å². The van der Waals surface area contributed by atoms with E-state index in [1.54, 1.807) is 6.92 Å². The van der Waals surface area contributed by atoms with Crippen molar-refractivity contribution in [3.8, 4) is 0 Å². The molecule has 0 aliphatic carbocycles. The van der Waals surface area contributed by atoms with Gasteiger partial charge >= 0.3 is 5.97 Å². The lowest BCUT2D eigenvalue weighted by Crippen LogP contribution is -2.37. The first kappa shape index (κ1) is 13.5. The largest absolute Gasteiger partial charge is 0.468 e. The van der Waals surface area contributed by atoms with Crippen LogP contribution >= 0.6 is 0 Å². The third-order valence-electron chi connectivity index (χ3n) is 2.37. The number of ether oxygens (including phenoxy) is 1. The van der Waals surface area contributed by atoms with Crippen molar-refractivity contribution in [2.75, 3.05) is 7.11 Å². The van der Waals surface area contributed by atoms with Gasteiger partial charge in [0.05, 0.1) is 19.5 Å². The number of carbonyl (C=O) groups is 1. The van der Waals surface area contributed by atoms with Crippen molar-refractivity contribution in [1.29, 1.82) is 0 Å². The summed E-state index contributed by atoms with van der Waals surface area (Å²) in [5.74, 6) is -1.93. The molecule has 0 amide bonds. The molecule has 0 spiro atoms. The molecule has 0 aromatic carbocycles. The molecule has 1 aromatic heterocycles. The lowest BCUT2D eigenvalue weighted by Gasteiger charge is -2.14. The number of nitrogens with one attached hydrogen (secondary N) is 1. The van der Waals surface area contributed by atoms with Crippen molar-refractivity contribution >= 4 is 5.97 Å². The first-order chi connectivity index (χ1) is 8.10. The van der Waals surface area contributed by atoms with E-state index in [4.69, 9.17) is 0 Å². The molecule has 1 heterocycles. The van der Waals surface area contributed by atoms with E-state index in [1.807, 2.05) is 0 Å². The van der Waals surface area contributed by atoms with Crippen molar-refractivity contribution in [3.05, 3.63) is 29.6 Å². The Bertz CT molecular complexity index is 379. The van der Waals surface area contributed by atoms with E-state index in [-0.39, 0.29) is 12.1 Å². The number of carbonyl (C=O) groups excluding carboxylic acids is 1. The van der Waals surface area contributed by atoms with Gasteiger partial charge in [-0.25, -0.2) is 8.78 Å². The van der Waals surface area contributed by atoms with E-state index in [1.165, 1.54) is 7.11 Å². The zero-order chi connectivity index (χ0) is 12.8. The molecule has 4 nitrogen and oxygen atoms in total. The van der Waals surface area contributed by atoms with Gasteiger partial charge in [-0.05, 0) is 6.42 Å². The highest BCUT2D eigenvalue weighted by atomic mass is 19.1. The maximum absolute atomic E-state index is 13.2. The fourth-order valence-electron chi connectivity index (χ4n) is 1.37. The van der Waals surface area contributed by atoms with E-state index >= 15 is 0 Å². The fourth-order valence-corrected chi connectivity index (χ4v) is 1.37. The Kier molecular flexibility index (Phi) is 4.96. The Hall–Kier alpha value is -1.56. The molecule has 1 aromatic rings. The summed E-state index contributed by atoms with van der Waals surface area (Å²) in [6.45, 7) is 1.68. The number of esters is 1. The highest BCUT2D eigenvalue weighted by Crippen LogP contribution is 2.10. The summed E-state index contributed by atoms with van der Waals surface area (Å²) in [6.07, 6.45) is 2.33. The number of hydrogen-bond donors (Lipinski definition) is 1. The summed E-state index contributed by atoms with van der Waals surface area (Å²) in [6, 6.07) is -0.577. The smallest absolute Gasteiger partial charge is 0.322 e. The summed E-state index contributed by atoms with van der Waals surface area (Å²) < 4.78 is 31.0. The molecule has 0 saturated carbocycles. The number of aromatic nitrogens is 1. The van der Waals surface area contributed by atoms with Crippen molar-refractivity contribution in [2.24, 2.45) is 0 Å². The van der Waals surface area contributed by atoms with Crippen LogP contribution in [0.15, 0.2) is 12.4 Å². The molecule has 0 aliphatic rings. The Balaban J connectivity index is 2.69. The second kappa shape index (κ2) is 6.24. The van der Waals surface area contributed by atoms with Gasteiger partial charge in [-0.15, -0.1) is 0 Å². The standard InChI is InChI=1S/C11H14F2N2O2/c1-3-10(11(16)17-2)15-4-7-8(12)5-14-6-9(7)13/h5-6,10,15H,3-4H2,1-2H3. The van der Waals surface area contributed by atoms with Crippen LogP contribution in [-0.4, -0.2) is 24.1 Å². The van der Waals surface area contributed by atoms with E-state index < -0.39 is 23.6 Å². The predicted octanol–water partition coefficient (Wildman–Crippen LogP) is 1.40. The first-order valence-electron chi connectivity index (χ1n) is 5.19. The summed E-state index contributed by atoms with van der Waals surface area (Å²) in [5.41, 5.74) is -0.137. The minimum Gasteiger partial charge on any atom is -0.468 e. The average Bonchev–Trinajstić information content (AvgIpc) is 2.32. The van der Waals surface area contributed by atoms with Gasteiger partial charge in [0.15, 0.2) is 0 Å². The van der Waals surface area contributed by atoms with Gasteiger partial charge in [0.25, 0.3) is 0 Å². The van der Waals surface area contributed by atoms with Crippen molar-refractivity contribution in [2.45, 2.75) is 25.9 Å². The van der Waals surface area contributed by atoms with E-state index in [0.29, 0.717) is 6.42 Å². The van der Waals surface area contributed by atoms with Gasteiger partial charge in [0.1, 0.15) is 17.7 Å². The molecule has 1 atom stereocenters. The monoisotopic (exact) mass is 244 g/mol. The Morgan fingerprint density at radius 3 is 2.53 bits per heavy atom. The number of halogens is 2. The van der Waals surface area contributed by atoms with Gasteiger partial charge in [-0.1, -0.05) is 6.92 Å². The van der Waals surface area contributed by atoms with Crippen LogP contribution < -0.4 is 5.32 Å². The minimum atomic E-state index is -0.739. The fraction of sp³-hybridized carbons (Fsp3) is 0.455. The van der Waals surface area contributed by atoms with Gasteiger partial charge in [0, 0.05) is 12.1 Å². The molecule has 0 aliphatic heterocycles. The highest BCUT2D eigenvalue weighted by molar-refractivity contribution is 5.75. The van der Waals surface area contributed by atoms with Crippen LogP contribution in [0.2, 0.25) is 0 Å². The zero-order valence-corrected chi connectivity index (χ0v) is 9.67. The molecule has 0 radical (unpaired) electrons. The van der Waals surface area contributed by atoms with E-state index in [9.17, 15) is 13.6 Å². The molecule has 1 unspecified atom stereocenters. The zero-order valence-electron chi connectivity index (χ0n) is 9.67. The third-order valence-corrected chi connectivity index (χ3v) is 2.37. The maximum atomic E-state index is 13.2. The van der Waals surface area contributed by atoms with E-state index in [0.717, 1.165) is 12.4 Å². The summed E-state index contributed by atoms with van der Waals surface area (Å²) >= 11 is 0. The van der Waals surface area contributed by atoms with Crippen LogP contribution in [-0.2, 0) is 16.1 Å². The normalized spacial score (nSPS) is 12.2. The molecule has 0 fully saturated rings. The molecular formula is C11H14F2N2O2. The molecular weight excluding hydrogens is 230 g/mol. The first-order valence-corrected chi connectivity index (χ1v) is 5.19. The summed E-state index contributed by atoms with van der Waals surface area (Å²) in [5, 5.41) is 2.74. The Labute approximate surface area is 98.0 Å². The number of rotatable bonds is 5.